The number of aliphatic carboxylic acids is 1. The molecule has 0 aliphatic carbocycles. The van der Waals surface area contributed by atoms with Crippen LogP contribution >= 0.6 is 11.8 Å². The fourth-order valence-electron chi connectivity index (χ4n) is 2.49. The highest BCUT2D eigenvalue weighted by Crippen LogP contribution is 2.14. The number of para-hydroxylation sites is 1. The molecule has 1 amide bonds. The van der Waals surface area contributed by atoms with Crippen LogP contribution < -0.4 is 16.6 Å². The molecular formula is C18H23N5O4S. The van der Waals surface area contributed by atoms with Crippen LogP contribution in [0.5, 0.6) is 0 Å². The quantitative estimate of drug-likeness (QED) is 0.688. The summed E-state index contributed by atoms with van der Waals surface area (Å²) >= 11 is 1.62. The molecule has 1 aliphatic heterocycles. The van der Waals surface area contributed by atoms with E-state index in [0.717, 1.165) is 17.5 Å². The predicted octanol–water partition coefficient (Wildman–Crippen LogP) is 1.34. The minimum absolute atomic E-state index is 0.168. The lowest BCUT2D eigenvalue weighted by atomic mass is 10.3. The fraction of sp³-hybridized carbons (Fsp3) is 0.333. The smallest absolute Gasteiger partial charge is 0.303 e. The molecule has 2 aromatic rings. The number of nitrogens with one attached hydrogen (secondary N) is 1. The van der Waals surface area contributed by atoms with Crippen molar-refractivity contribution in [2.75, 3.05) is 17.6 Å². The molecule has 4 N–H and O–H groups in total. The summed E-state index contributed by atoms with van der Waals surface area (Å²) in [5.41, 5.74) is 6.34. The topological polar surface area (TPSA) is 132 Å². The van der Waals surface area contributed by atoms with Crippen LogP contribution in [0.3, 0.4) is 0 Å². The van der Waals surface area contributed by atoms with Crippen molar-refractivity contribution in [2.24, 2.45) is 17.8 Å². The Labute approximate surface area is 166 Å². The third kappa shape index (κ3) is 5.49. The van der Waals surface area contributed by atoms with Crippen molar-refractivity contribution in [2.45, 2.75) is 19.8 Å². The Balaban J connectivity index is 0.000000397. The van der Waals surface area contributed by atoms with Gasteiger partial charge in [0.05, 0.1) is 24.3 Å². The molecule has 10 heteroatoms. The largest absolute Gasteiger partial charge is 0.481 e. The molecule has 1 aliphatic rings. The summed E-state index contributed by atoms with van der Waals surface area (Å²) in [5, 5.41) is 11.8. The summed E-state index contributed by atoms with van der Waals surface area (Å²) in [4.78, 5) is 38.6. The van der Waals surface area contributed by atoms with E-state index in [1.54, 1.807) is 42.5 Å². The van der Waals surface area contributed by atoms with E-state index < -0.39 is 11.9 Å². The molecule has 28 heavy (non-hydrogen) atoms. The molecule has 0 saturated heterocycles. The van der Waals surface area contributed by atoms with Crippen molar-refractivity contribution in [3.8, 4) is 5.69 Å². The first-order valence-corrected chi connectivity index (χ1v) is 9.58. The minimum atomic E-state index is -1.05. The second kappa shape index (κ2) is 9.79. The van der Waals surface area contributed by atoms with Crippen molar-refractivity contribution in [3.63, 3.8) is 0 Å². The number of carbonyl (C=O) groups is 2. The van der Waals surface area contributed by atoms with Gasteiger partial charge in [-0.05, 0) is 19.1 Å². The number of hydrogen-bond donors (Lipinski definition) is 3. The predicted molar refractivity (Wildman–Crippen MR) is 110 cm³/mol. The summed E-state index contributed by atoms with van der Waals surface area (Å²) in [6.45, 7) is 2.63. The number of nitrogens with two attached hydrogens (primary N) is 1. The van der Waals surface area contributed by atoms with Crippen LogP contribution in [0.4, 0.5) is 5.69 Å². The van der Waals surface area contributed by atoms with E-state index in [1.165, 1.54) is 4.68 Å². The number of amides is 1. The van der Waals surface area contributed by atoms with Crippen LogP contribution in [0.25, 0.3) is 5.69 Å². The van der Waals surface area contributed by atoms with Crippen molar-refractivity contribution < 1.29 is 14.7 Å². The number of benzene rings is 1. The van der Waals surface area contributed by atoms with Crippen molar-refractivity contribution in [1.29, 1.82) is 0 Å². The molecule has 0 unspecified atom stereocenters. The number of nitrogens with zero attached hydrogens (tertiary/aromatic N) is 3. The number of aromatic nitrogens is 2. The minimum Gasteiger partial charge on any atom is -0.481 e. The van der Waals surface area contributed by atoms with E-state index in [4.69, 9.17) is 10.8 Å². The second-order valence-electron chi connectivity index (χ2n) is 5.95. The van der Waals surface area contributed by atoms with Gasteiger partial charge in [0.1, 0.15) is 5.69 Å². The standard InChI is InChI=1S/C15H17N3O4.C3H6N2S/c1-10-14(16-12(19)8-9-13(20)21)15(22)18(17(10)2)11-6-4-3-5-7-11;4-3-5-1-2-6-3/h3-7H,8-9H2,1-2H3,(H,16,19)(H,20,21);1-2H2,(H2,4,5). The van der Waals surface area contributed by atoms with Crippen LogP contribution in [0.15, 0.2) is 40.1 Å². The Morgan fingerprint density at radius 2 is 1.96 bits per heavy atom. The normalized spacial score (nSPS) is 12.7. The zero-order valence-corrected chi connectivity index (χ0v) is 16.5. The van der Waals surface area contributed by atoms with Gasteiger partial charge in [-0.25, -0.2) is 4.68 Å². The lowest BCUT2D eigenvalue weighted by Gasteiger charge is -2.07. The lowest BCUT2D eigenvalue weighted by Crippen LogP contribution is -2.23. The van der Waals surface area contributed by atoms with Crippen LogP contribution in [-0.2, 0) is 16.6 Å². The van der Waals surface area contributed by atoms with Crippen LogP contribution in [0, 0.1) is 6.92 Å². The van der Waals surface area contributed by atoms with E-state index in [1.807, 2.05) is 18.2 Å². The van der Waals surface area contributed by atoms with Crippen molar-refractivity contribution in [1.82, 2.24) is 9.36 Å². The maximum absolute atomic E-state index is 12.5. The number of aliphatic imine (C=N–C) groups is 1. The summed E-state index contributed by atoms with van der Waals surface area (Å²) in [6, 6.07) is 9.05. The Morgan fingerprint density at radius 1 is 1.29 bits per heavy atom. The SMILES string of the molecule is Cc1c(NC(=O)CCC(=O)O)c(=O)n(-c2ccccc2)n1C.NC1=NCCS1. The first-order chi connectivity index (χ1) is 13.3. The summed E-state index contributed by atoms with van der Waals surface area (Å²) in [5.74, 6) is -0.471. The monoisotopic (exact) mass is 405 g/mol. The molecule has 3 rings (SSSR count). The summed E-state index contributed by atoms with van der Waals surface area (Å²) in [7, 11) is 1.72. The highest BCUT2D eigenvalue weighted by atomic mass is 32.2. The van der Waals surface area contributed by atoms with Gasteiger partial charge >= 0.3 is 5.97 Å². The molecule has 0 bridgehead atoms. The first-order valence-electron chi connectivity index (χ1n) is 8.59. The number of rotatable bonds is 5. The maximum Gasteiger partial charge on any atom is 0.303 e. The van der Waals surface area contributed by atoms with E-state index >= 15 is 0 Å². The third-order valence-corrected chi connectivity index (χ3v) is 4.80. The number of amidine groups is 1. The van der Waals surface area contributed by atoms with Crippen LogP contribution in [0.1, 0.15) is 18.5 Å². The molecule has 0 spiro atoms. The van der Waals surface area contributed by atoms with Crippen molar-refractivity contribution in [3.05, 3.63) is 46.4 Å². The van der Waals surface area contributed by atoms with Gasteiger partial charge in [0.15, 0.2) is 5.17 Å². The zero-order valence-electron chi connectivity index (χ0n) is 15.7. The number of thioether (sulfide) groups is 1. The zero-order chi connectivity index (χ0) is 20.7. The summed E-state index contributed by atoms with van der Waals surface area (Å²) in [6.07, 6.45) is -0.445. The molecular weight excluding hydrogens is 382 g/mol. The Kier molecular flexibility index (Phi) is 7.44. The molecule has 1 aromatic carbocycles. The molecule has 1 aromatic heterocycles. The molecule has 0 atom stereocenters. The average molecular weight is 405 g/mol. The van der Waals surface area contributed by atoms with Gasteiger partial charge < -0.3 is 16.2 Å². The number of carboxylic acids is 1. The van der Waals surface area contributed by atoms with Gasteiger partial charge in [0, 0.05) is 19.2 Å². The van der Waals surface area contributed by atoms with E-state index in [-0.39, 0.29) is 24.1 Å². The molecule has 150 valence electrons. The Bertz CT molecular complexity index is 933. The number of hydrogen-bond acceptors (Lipinski definition) is 6. The number of carboxylic acid groups (broad SMARTS) is 1. The van der Waals surface area contributed by atoms with Gasteiger partial charge in [0.25, 0.3) is 5.56 Å². The molecule has 0 radical (unpaired) electrons. The van der Waals surface area contributed by atoms with Crippen LogP contribution in [-0.4, -0.2) is 43.8 Å². The van der Waals surface area contributed by atoms with Gasteiger partial charge in [0.2, 0.25) is 5.91 Å². The van der Waals surface area contributed by atoms with Crippen LogP contribution in [0.2, 0.25) is 0 Å². The number of anilines is 1. The number of carbonyl (C=O) groups excluding carboxylic acids is 1. The van der Waals surface area contributed by atoms with E-state index in [9.17, 15) is 14.4 Å². The molecule has 2 heterocycles. The van der Waals surface area contributed by atoms with Gasteiger partial charge in [-0.1, -0.05) is 30.0 Å². The second-order valence-corrected chi connectivity index (χ2v) is 7.06. The van der Waals surface area contributed by atoms with Gasteiger partial charge in [-0.2, -0.15) is 0 Å². The third-order valence-electron chi connectivity index (χ3n) is 3.99. The first kappa shape index (κ1) is 21.3. The van der Waals surface area contributed by atoms with E-state index in [2.05, 4.69) is 10.3 Å². The van der Waals surface area contributed by atoms with E-state index in [0.29, 0.717) is 11.4 Å². The highest BCUT2D eigenvalue weighted by molar-refractivity contribution is 8.14. The highest BCUT2D eigenvalue weighted by Gasteiger charge is 2.18. The summed E-state index contributed by atoms with van der Waals surface area (Å²) < 4.78 is 3.09. The Morgan fingerprint density at radius 3 is 2.46 bits per heavy atom. The van der Waals surface area contributed by atoms with Gasteiger partial charge in [-0.15, -0.1) is 0 Å². The average Bonchev–Trinajstić information content (AvgIpc) is 3.22. The Hall–Kier alpha value is -3.01. The lowest BCUT2D eigenvalue weighted by molar-refractivity contribution is -0.138. The molecule has 9 nitrogen and oxygen atoms in total. The van der Waals surface area contributed by atoms with Gasteiger partial charge in [-0.3, -0.25) is 24.1 Å². The molecule has 0 fully saturated rings. The van der Waals surface area contributed by atoms with Crippen molar-refractivity contribution >= 4 is 34.5 Å². The fourth-order valence-corrected chi connectivity index (χ4v) is 3.06. The molecule has 0 saturated carbocycles. The maximum atomic E-state index is 12.5.